The van der Waals surface area contributed by atoms with Crippen LogP contribution in [0.25, 0.3) is 0 Å². The van der Waals surface area contributed by atoms with Crippen molar-refractivity contribution in [2.75, 3.05) is 26.3 Å². The van der Waals surface area contributed by atoms with E-state index in [2.05, 4.69) is 40.4 Å². The maximum Gasteiger partial charge on any atom is 0.222 e. The van der Waals surface area contributed by atoms with E-state index in [-0.39, 0.29) is 17.2 Å². The number of aromatic nitrogens is 3. The van der Waals surface area contributed by atoms with E-state index < -0.39 is 0 Å². The van der Waals surface area contributed by atoms with E-state index in [4.69, 9.17) is 4.74 Å². The van der Waals surface area contributed by atoms with Gasteiger partial charge in [0.25, 0.3) is 0 Å². The lowest BCUT2D eigenvalue weighted by Crippen LogP contribution is -2.38. The summed E-state index contributed by atoms with van der Waals surface area (Å²) in [5, 5.41) is 8.52. The molecule has 128 valence electrons. The molecule has 2 saturated heterocycles. The normalized spacial score (nSPS) is 23.8. The molecule has 1 aromatic heterocycles. The molecule has 3 heterocycles. The van der Waals surface area contributed by atoms with Gasteiger partial charge in [0.2, 0.25) is 5.91 Å². The molecule has 23 heavy (non-hydrogen) atoms. The fourth-order valence-corrected chi connectivity index (χ4v) is 4.05. The highest BCUT2D eigenvalue weighted by atomic mass is 16.5. The third-order valence-electron chi connectivity index (χ3n) is 5.37. The van der Waals surface area contributed by atoms with Gasteiger partial charge in [-0.1, -0.05) is 13.8 Å². The average Bonchev–Trinajstić information content (AvgIpc) is 3.12. The minimum atomic E-state index is 0.102. The van der Waals surface area contributed by atoms with Gasteiger partial charge in [-0.2, -0.15) is 0 Å². The van der Waals surface area contributed by atoms with Gasteiger partial charge in [0, 0.05) is 50.6 Å². The Kier molecular flexibility index (Phi) is 4.71. The van der Waals surface area contributed by atoms with Crippen molar-refractivity contribution in [3.63, 3.8) is 0 Å². The van der Waals surface area contributed by atoms with Crippen molar-refractivity contribution in [2.24, 2.45) is 11.3 Å². The second kappa shape index (κ2) is 6.59. The molecule has 0 aromatic carbocycles. The number of aryl methyl sites for hydroxylation is 1. The van der Waals surface area contributed by atoms with E-state index >= 15 is 0 Å². The number of carbonyl (C=O) groups excluding carboxylic acids is 1. The van der Waals surface area contributed by atoms with Crippen LogP contribution >= 0.6 is 0 Å². The fourth-order valence-electron chi connectivity index (χ4n) is 4.05. The van der Waals surface area contributed by atoms with E-state index in [1.54, 1.807) is 6.33 Å². The minimum Gasteiger partial charge on any atom is -0.381 e. The van der Waals surface area contributed by atoms with Gasteiger partial charge in [-0.25, -0.2) is 0 Å². The summed E-state index contributed by atoms with van der Waals surface area (Å²) in [6, 6.07) is 0. The molecule has 2 aliphatic heterocycles. The lowest BCUT2D eigenvalue weighted by atomic mass is 9.71. The molecule has 0 radical (unpaired) electrons. The van der Waals surface area contributed by atoms with Gasteiger partial charge in [-0.15, -0.1) is 10.2 Å². The number of nitrogens with zero attached hydrogens (tertiary/aromatic N) is 4. The molecule has 3 rings (SSSR count). The number of amides is 1. The maximum atomic E-state index is 12.6. The van der Waals surface area contributed by atoms with Crippen molar-refractivity contribution in [1.82, 2.24) is 19.7 Å². The molecule has 1 aromatic rings. The van der Waals surface area contributed by atoms with Gasteiger partial charge >= 0.3 is 0 Å². The second-order valence-corrected chi connectivity index (χ2v) is 7.37. The molecule has 6 heteroatoms. The van der Waals surface area contributed by atoms with Crippen LogP contribution in [-0.2, 0) is 16.1 Å². The smallest absolute Gasteiger partial charge is 0.222 e. The topological polar surface area (TPSA) is 60.2 Å². The van der Waals surface area contributed by atoms with E-state index in [1.165, 1.54) is 0 Å². The Bertz CT molecular complexity index is 549. The minimum absolute atomic E-state index is 0.102. The first-order valence-corrected chi connectivity index (χ1v) is 8.79. The average molecular weight is 320 g/mol. The van der Waals surface area contributed by atoms with Gasteiger partial charge in [0.05, 0.1) is 0 Å². The van der Waals surface area contributed by atoms with Crippen molar-refractivity contribution in [1.29, 1.82) is 0 Å². The van der Waals surface area contributed by atoms with Gasteiger partial charge in [-0.3, -0.25) is 4.79 Å². The predicted octanol–water partition coefficient (Wildman–Crippen LogP) is 2.07. The highest BCUT2D eigenvalue weighted by Gasteiger charge is 2.50. The Labute approximate surface area is 138 Å². The largest absolute Gasteiger partial charge is 0.381 e. The summed E-state index contributed by atoms with van der Waals surface area (Å²) >= 11 is 0. The molecule has 6 nitrogen and oxygen atoms in total. The first-order chi connectivity index (χ1) is 11.1. The predicted molar refractivity (Wildman–Crippen MR) is 87.0 cm³/mol. The van der Waals surface area contributed by atoms with Gasteiger partial charge in [-0.05, 0) is 25.7 Å². The summed E-state index contributed by atoms with van der Waals surface area (Å²) in [5.74, 6) is 1.97. The Balaban J connectivity index is 1.87. The summed E-state index contributed by atoms with van der Waals surface area (Å²) in [4.78, 5) is 14.7. The maximum absolute atomic E-state index is 12.6. The van der Waals surface area contributed by atoms with Crippen molar-refractivity contribution < 1.29 is 9.53 Å². The zero-order valence-electron chi connectivity index (χ0n) is 14.5. The van der Waals surface area contributed by atoms with Crippen LogP contribution < -0.4 is 0 Å². The van der Waals surface area contributed by atoms with Crippen LogP contribution in [0.5, 0.6) is 0 Å². The van der Waals surface area contributed by atoms with E-state index in [9.17, 15) is 4.79 Å². The summed E-state index contributed by atoms with van der Waals surface area (Å²) in [5.41, 5.74) is 0.102. The third-order valence-corrected chi connectivity index (χ3v) is 5.37. The fraction of sp³-hybridized carbons (Fsp3) is 0.824. The van der Waals surface area contributed by atoms with Crippen LogP contribution in [0.3, 0.4) is 0 Å². The monoisotopic (exact) mass is 320 g/mol. The van der Waals surface area contributed by atoms with E-state index in [1.807, 2.05) is 0 Å². The van der Waals surface area contributed by atoms with Crippen molar-refractivity contribution in [3.05, 3.63) is 12.2 Å². The number of hydrogen-bond donors (Lipinski definition) is 0. The van der Waals surface area contributed by atoms with Crippen molar-refractivity contribution in [3.8, 4) is 0 Å². The first kappa shape index (κ1) is 16.4. The van der Waals surface area contributed by atoms with Crippen LogP contribution in [0.15, 0.2) is 6.33 Å². The summed E-state index contributed by atoms with van der Waals surface area (Å²) in [6.45, 7) is 10.3. The van der Waals surface area contributed by atoms with Crippen LogP contribution in [0.2, 0.25) is 0 Å². The highest BCUT2D eigenvalue weighted by molar-refractivity contribution is 5.77. The van der Waals surface area contributed by atoms with E-state index in [0.29, 0.717) is 12.3 Å². The van der Waals surface area contributed by atoms with Crippen LogP contribution in [0.4, 0.5) is 0 Å². The summed E-state index contributed by atoms with van der Waals surface area (Å²) in [6.07, 6.45) is 4.43. The Morgan fingerprint density at radius 3 is 2.83 bits per heavy atom. The standard InChI is InChI=1S/C17H28N4O2/c1-4-20-12-18-19-16(20)14-10-21(15(22)9-13(2)3)11-17(14)5-7-23-8-6-17/h12-14H,4-11H2,1-3H3. The molecule has 0 saturated carbocycles. The number of likely N-dealkylation sites (tertiary alicyclic amines) is 1. The van der Waals surface area contributed by atoms with Crippen LogP contribution in [0.1, 0.15) is 51.8 Å². The molecule has 1 spiro atoms. The van der Waals surface area contributed by atoms with Crippen LogP contribution in [0, 0.1) is 11.3 Å². The molecule has 1 atom stereocenters. The molecule has 0 bridgehead atoms. The quantitative estimate of drug-likeness (QED) is 0.852. The Hall–Kier alpha value is -1.43. The number of carbonyl (C=O) groups is 1. The number of hydrogen-bond acceptors (Lipinski definition) is 4. The first-order valence-electron chi connectivity index (χ1n) is 8.79. The molecular formula is C17H28N4O2. The summed E-state index contributed by atoms with van der Waals surface area (Å²) < 4.78 is 7.72. The third kappa shape index (κ3) is 3.13. The van der Waals surface area contributed by atoms with E-state index in [0.717, 1.165) is 51.5 Å². The second-order valence-electron chi connectivity index (χ2n) is 7.37. The SMILES string of the molecule is CCn1cnnc1C1CN(C(=O)CC(C)C)CC12CCOCC2. The van der Waals surface area contributed by atoms with Crippen molar-refractivity contribution >= 4 is 5.91 Å². The molecule has 2 aliphatic rings. The zero-order valence-corrected chi connectivity index (χ0v) is 14.5. The highest BCUT2D eigenvalue weighted by Crippen LogP contribution is 2.49. The molecule has 0 N–H and O–H groups in total. The van der Waals surface area contributed by atoms with Gasteiger partial charge in [0.15, 0.2) is 0 Å². The lowest BCUT2D eigenvalue weighted by Gasteiger charge is -2.37. The van der Waals surface area contributed by atoms with Gasteiger partial charge < -0.3 is 14.2 Å². The molecule has 1 amide bonds. The summed E-state index contributed by atoms with van der Waals surface area (Å²) in [7, 11) is 0. The number of ether oxygens (including phenoxy) is 1. The van der Waals surface area contributed by atoms with Gasteiger partial charge in [0.1, 0.15) is 12.2 Å². The Morgan fingerprint density at radius 1 is 1.43 bits per heavy atom. The van der Waals surface area contributed by atoms with Crippen LogP contribution in [-0.4, -0.2) is 51.9 Å². The molecule has 0 aliphatic carbocycles. The molecule has 2 fully saturated rings. The lowest BCUT2D eigenvalue weighted by molar-refractivity contribution is -0.131. The van der Waals surface area contributed by atoms with Crippen molar-refractivity contribution in [2.45, 2.75) is 52.5 Å². The Morgan fingerprint density at radius 2 is 2.17 bits per heavy atom. The number of rotatable bonds is 4. The zero-order chi connectivity index (χ0) is 16.4. The molecule has 1 unspecified atom stereocenters. The molecular weight excluding hydrogens is 292 g/mol.